The zero-order valence-electron chi connectivity index (χ0n) is 17.1. The minimum atomic E-state index is -0.0805. The van der Waals surface area contributed by atoms with E-state index < -0.39 is 0 Å². The molecule has 3 heteroatoms. The van der Waals surface area contributed by atoms with Crippen molar-refractivity contribution in [1.29, 1.82) is 0 Å². The van der Waals surface area contributed by atoms with Crippen molar-refractivity contribution in [1.82, 2.24) is 4.90 Å². The molecular weight excluding hydrogens is 332 g/mol. The molecule has 1 amide bonds. The SMILES string of the molecule is Cc1ccccc1N1CCN(C(=O)C(C)c2ccc(CC(C)C)cc2)CC1. The van der Waals surface area contributed by atoms with E-state index in [4.69, 9.17) is 0 Å². The summed E-state index contributed by atoms with van der Waals surface area (Å²) in [6, 6.07) is 17.1. The Kier molecular flexibility index (Phi) is 6.20. The first-order chi connectivity index (χ1) is 13.0. The second kappa shape index (κ2) is 8.60. The lowest BCUT2D eigenvalue weighted by Gasteiger charge is -2.37. The Balaban J connectivity index is 1.59. The number of aryl methyl sites for hydroxylation is 1. The standard InChI is InChI=1S/C24H32N2O/c1-18(2)17-21-9-11-22(12-10-21)20(4)24(27)26-15-13-25(14-16-26)23-8-6-5-7-19(23)3/h5-12,18,20H,13-17H2,1-4H3. The van der Waals surface area contributed by atoms with Crippen molar-refractivity contribution in [3.05, 3.63) is 65.2 Å². The van der Waals surface area contributed by atoms with E-state index in [0.717, 1.165) is 38.2 Å². The highest BCUT2D eigenvalue weighted by Crippen LogP contribution is 2.24. The number of hydrogen-bond acceptors (Lipinski definition) is 2. The number of para-hydroxylation sites is 1. The third-order valence-corrected chi connectivity index (χ3v) is 5.54. The molecule has 0 radical (unpaired) electrons. The van der Waals surface area contributed by atoms with Crippen LogP contribution in [0.5, 0.6) is 0 Å². The molecule has 0 bridgehead atoms. The molecule has 0 N–H and O–H groups in total. The van der Waals surface area contributed by atoms with Crippen LogP contribution in [0.4, 0.5) is 5.69 Å². The van der Waals surface area contributed by atoms with E-state index in [1.165, 1.54) is 16.8 Å². The molecule has 1 atom stereocenters. The average molecular weight is 365 g/mol. The number of hydrogen-bond donors (Lipinski definition) is 0. The van der Waals surface area contributed by atoms with Gasteiger partial charge in [-0.2, -0.15) is 0 Å². The molecule has 3 nitrogen and oxygen atoms in total. The first-order valence-electron chi connectivity index (χ1n) is 10.1. The Hall–Kier alpha value is -2.29. The van der Waals surface area contributed by atoms with Gasteiger partial charge in [-0.05, 0) is 48.9 Å². The predicted octanol–water partition coefficient (Wildman–Crippen LogP) is 4.65. The molecule has 0 saturated carbocycles. The van der Waals surface area contributed by atoms with Crippen molar-refractivity contribution < 1.29 is 4.79 Å². The fraction of sp³-hybridized carbons (Fsp3) is 0.458. The normalized spacial score (nSPS) is 15.9. The lowest BCUT2D eigenvalue weighted by Crippen LogP contribution is -2.50. The van der Waals surface area contributed by atoms with Crippen LogP contribution in [0, 0.1) is 12.8 Å². The third kappa shape index (κ3) is 4.71. The summed E-state index contributed by atoms with van der Waals surface area (Å²) in [6.07, 6.45) is 1.09. The maximum absolute atomic E-state index is 13.0. The summed E-state index contributed by atoms with van der Waals surface area (Å²) in [5.74, 6) is 0.818. The van der Waals surface area contributed by atoms with Gasteiger partial charge in [-0.1, -0.05) is 56.3 Å². The van der Waals surface area contributed by atoms with Crippen LogP contribution in [0.25, 0.3) is 0 Å². The summed E-state index contributed by atoms with van der Waals surface area (Å²) in [5, 5.41) is 0. The fourth-order valence-electron chi connectivity index (χ4n) is 3.92. The van der Waals surface area contributed by atoms with Crippen molar-refractivity contribution in [2.24, 2.45) is 5.92 Å². The first-order valence-corrected chi connectivity index (χ1v) is 10.1. The van der Waals surface area contributed by atoms with Gasteiger partial charge in [-0.25, -0.2) is 0 Å². The van der Waals surface area contributed by atoms with Crippen LogP contribution in [0.1, 0.15) is 43.4 Å². The molecule has 2 aromatic carbocycles. The van der Waals surface area contributed by atoms with Gasteiger partial charge in [0.05, 0.1) is 5.92 Å². The molecule has 1 heterocycles. The molecule has 1 saturated heterocycles. The zero-order chi connectivity index (χ0) is 19.4. The molecule has 0 aliphatic carbocycles. The molecule has 1 fully saturated rings. The van der Waals surface area contributed by atoms with Crippen molar-refractivity contribution in [2.45, 2.75) is 40.0 Å². The molecule has 3 rings (SSSR count). The third-order valence-electron chi connectivity index (χ3n) is 5.54. The van der Waals surface area contributed by atoms with Gasteiger partial charge in [0.2, 0.25) is 5.91 Å². The summed E-state index contributed by atoms with van der Waals surface area (Å²) in [5.41, 5.74) is 5.06. The van der Waals surface area contributed by atoms with Crippen molar-refractivity contribution >= 4 is 11.6 Å². The highest BCUT2D eigenvalue weighted by atomic mass is 16.2. The van der Waals surface area contributed by atoms with E-state index in [2.05, 4.69) is 74.2 Å². The Morgan fingerprint density at radius 2 is 1.56 bits per heavy atom. The van der Waals surface area contributed by atoms with Crippen molar-refractivity contribution in [2.75, 3.05) is 31.1 Å². The van der Waals surface area contributed by atoms with Gasteiger partial charge in [0.15, 0.2) is 0 Å². The van der Waals surface area contributed by atoms with Crippen LogP contribution >= 0.6 is 0 Å². The number of carbonyl (C=O) groups is 1. The van der Waals surface area contributed by atoms with E-state index in [0.29, 0.717) is 5.92 Å². The van der Waals surface area contributed by atoms with Gasteiger partial charge in [0, 0.05) is 31.9 Å². The Labute approximate surface area is 164 Å². The molecule has 1 unspecified atom stereocenters. The van der Waals surface area contributed by atoms with Gasteiger partial charge in [0.25, 0.3) is 0 Å². The average Bonchev–Trinajstić information content (AvgIpc) is 2.67. The van der Waals surface area contributed by atoms with Crippen LogP contribution in [-0.2, 0) is 11.2 Å². The van der Waals surface area contributed by atoms with Gasteiger partial charge in [0.1, 0.15) is 0 Å². The number of rotatable bonds is 5. The van der Waals surface area contributed by atoms with Gasteiger partial charge >= 0.3 is 0 Å². The second-order valence-electron chi connectivity index (χ2n) is 8.16. The quantitative estimate of drug-likeness (QED) is 0.771. The molecule has 1 aliphatic rings. The maximum atomic E-state index is 13.0. The minimum Gasteiger partial charge on any atom is -0.368 e. The fourth-order valence-corrected chi connectivity index (χ4v) is 3.92. The second-order valence-corrected chi connectivity index (χ2v) is 8.16. The molecule has 144 valence electrons. The minimum absolute atomic E-state index is 0.0805. The number of amides is 1. The maximum Gasteiger partial charge on any atom is 0.229 e. The summed E-state index contributed by atoms with van der Waals surface area (Å²) < 4.78 is 0. The highest BCUT2D eigenvalue weighted by molar-refractivity contribution is 5.83. The lowest BCUT2D eigenvalue weighted by atomic mass is 9.95. The van der Waals surface area contributed by atoms with Gasteiger partial charge < -0.3 is 9.80 Å². The molecule has 1 aliphatic heterocycles. The van der Waals surface area contributed by atoms with Gasteiger partial charge in [-0.3, -0.25) is 4.79 Å². The van der Waals surface area contributed by atoms with Crippen LogP contribution in [0.2, 0.25) is 0 Å². The smallest absolute Gasteiger partial charge is 0.229 e. The van der Waals surface area contributed by atoms with Crippen molar-refractivity contribution in [3.63, 3.8) is 0 Å². The van der Waals surface area contributed by atoms with Crippen LogP contribution in [0.15, 0.2) is 48.5 Å². The summed E-state index contributed by atoms with van der Waals surface area (Å²) in [4.78, 5) is 17.4. The van der Waals surface area contributed by atoms with E-state index in [1.54, 1.807) is 0 Å². The van der Waals surface area contributed by atoms with E-state index in [-0.39, 0.29) is 11.8 Å². The first kappa shape index (κ1) is 19.5. The number of carbonyl (C=O) groups excluding carboxylic acids is 1. The van der Waals surface area contributed by atoms with Crippen LogP contribution < -0.4 is 4.90 Å². The molecule has 0 spiro atoms. The largest absolute Gasteiger partial charge is 0.368 e. The number of benzene rings is 2. The predicted molar refractivity (Wildman–Crippen MR) is 113 cm³/mol. The zero-order valence-corrected chi connectivity index (χ0v) is 17.1. The van der Waals surface area contributed by atoms with E-state index in [1.807, 2.05) is 11.8 Å². The topological polar surface area (TPSA) is 23.6 Å². The number of nitrogens with zero attached hydrogens (tertiary/aromatic N) is 2. The lowest BCUT2D eigenvalue weighted by molar-refractivity contribution is -0.132. The van der Waals surface area contributed by atoms with Crippen LogP contribution in [-0.4, -0.2) is 37.0 Å². The summed E-state index contributed by atoms with van der Waals surface area (Å²) in [6.45, 7) is 12.0. The molecule has 2 aromatic rings. The Bertz CT molecular complexity index is 758. The summed E-state index contributed by atoms with van der Waals surface area (Å²) in [7, 11) is 0. The van der Waals surface area contributed by atoms with E-state index >= 15 is 0 Å². The Morgan fingerprint density at radius 1 is 0.926 bits per heavy atom. The van der Waals surface area contributed by atoms with E-state index in [9.17, 15) is 4.79 Å². The Morgan fingerprint density at radius 3 is 2.15 bits per heavy atom. The van der Waals surface area contributed by atoms with Crippen LogP contribution in [0.3, 0.4) is 0 Å². The number of anilines is 1. The molecule has 0 aromatic heterocycles. The van der Waals surface area contributed by atoms with Gasteiger partial charge in [-0.15, -0.1) is 0 Å². The van der Waals surface area contributed by atoms with Crippen molar-refractivity contribution in [3.8, 4) is 0 Å². The highest BCUT2D eigenvalue weighted by Gasteiger charge is 2.26. The summed E-state index contributed by atoms with van der Waals surface area (Å²) >= 11 is 0. The number of piperazine rings is 1. The monoisotopic (exact) mass is 364 g/mol. The molecular formula is C24H32N2O. The molecule has 27 heavy (non-hydrogen) atoms.